The van der Waals surface area contributed by atoms with Gasteiger partial charge in [-0.2, -0.15) is 12.6 Å². The van der Waals surface area contributed by atoms with Crippen molar-refractivity contribution in [3.63, 3.8) is 0 Å². The third-order valence-corrected chi connectivity index (χ3v) is 9.48. The monoisotopic (exact) mass is 637 g/mol. The number of nitrogens with one attached hydrogen (secondary N) is 4. The molecule has 0 unspecified atom stereocenters. The number of aliphatic carboxylic acids is 2. The number of allylic oxidation sites excluding steroid dienone is 1. The molecule has 1 fully saturated rings. The Morgan fingerprint density at radius 3 is 2.20 bits per heavy atom. The molecule has 11 nitrogen and oxygen atoms in total. The van der Waals surface area contributed by atoms with Crippen LogP contribution >= 0.6 is 12.6 Å². The lowest BCUT2D eigenvalue weighted by atomic mass is 9.91. The maximum absolute atomic E-state index is 12.6. The molecule has 0 aromatic carbocycles. The number of carboxylic acids is 2. The lowest BCUT2D eigenvalue weighted by Gasteiger charge is -2.17. The van der Waals surface area contributed by atoms with Crippen LogP contribution in [0, 0.1) is 18.8 Å². The molecule has 1 saturated heterocycles. The van der Waals surface area contributed by atoms with Crippen LogP contribution in [0.25, 0.3) is 6.08 Å². The number of nitrogens with two attached hydrogens (primary N) is 1. The number of thiol groups is 1. The van der Waals surface area contributed by atoms with Crippen LogP contribution in [0.2, 0.25) is 0 Å². The number of H-pyrrole nitrogens is 2. The lowest BCUT2D eigenvalue weighted by Crippen LogP contribution is -2.30. The van der Waals surface area contributed by atoms with Gasteiger partial charge in [-0.15, -0.1) is 0 Å². The normalized spacial score (nSPS) is 21.4. The number of rotatable bonds is 14. The molecule has 4 heterocycles. The molecule has 0 aliphatic carbocycles. The molecule has 4 atom stereocenters. The fourth-order valence-corrected chi connectivity index (χ4v) is 7.09. The summed E-state index contributed by atoms with van der Waals surface area (Å²) in [4.78, 5) is 55.1. The van der Waals surface area contributed by atoms with Crippen molar-refractivity contribution in [1.82, 2.24) is 20.6 Å². The first kappa shape index (κ1) is 33.9. The molecule has 12 heteroatoms. The van der Waals surface area contributed by atoms with Crippen molar-refractivity contribution in [3.05, 3.63) is 74.5 Å². The van der Waals surface area contributed by atoms with Crippen molar-refractivity contribution in [2.75, 3.05) is 0 Å². The summed E-state index contributed by atoms with van der Waals surface area (Å²) in [5, 5.41) is 24.9. The van der Waals surface area contributed by atoms with E-state index in [1.165, 1.54) is 0 Å². The van der Waals surface area contributed by atoms with Gasteiger partial charge < -0.3 is 36.5 Å². The zero-order chi connectivity index (χ0) is 33.2. The van der Waals surface area contributed by atoms with E-state index in [0.717, 1.165) is 50.6 Å². The van der Waals surface area contributed by atoms with Crippen molar-refractivity contribution in [3.8, 4) is 0 Å². The molecule has 0 saturated carbocycles. The Labute approximate surface area is 268 Å². The van der Waals surface area contributed by atoms with Gasteiger partial charge in [0.05, 0.1) is 6.04 Å². The fourth-order valence-electron chi connectivity index (χ4n) is 6.67. The van der Waals surface area contributed by atoms with Gasteiger partial charge in [-0.05, 0) is 60.6 Å². The number of amides is 2. The molecule has 2 aliphatic rings. The van der Waals surface area contributed by atoms with E-state index < -0.39 is 11.9 Å². The second kappa shape index (κ2) is 13.9. The van der Waals surface area contributed by atoms with Crippen molar-refractivity contribution >= 4 is 42.5 Å². The summed E-state index contributed by atoms with van der Waals surface area (Å²) in [6, 6.07) is -0.229. The van der Waals surface area contributed by atoms with E-state index >= 15 is 0 Å². The third kappa shape index (κ3) is 7.12. The number of aromatic amines is 2. The third-order valence-electron chi connectivity index (χ3n) is 9.15. The van der Waals surface area contributed by atoms with Gasteiger partial charge in [0, 0.05) is 83.4 Å². The van der Waals surface area contributed by atoms with Gasteiger partial charge in [-0.1, -0.05) is 26.5 Å². The molecular formula is C33H43N5O6S. The average molecular weight is 638 g/mol. The molecule has 0 radical (unpaired) electrons. The van der Waals surface area contributed by atoms with Gasteiger partial charge in [0.1, 0.15) is 0 Å². The zero-order valence-corrected chi connectivity index (χ0v) is 27.1. The topological polar surface area (TPSA) is 190 Å². The van der Waals surface area contributed by atoms with Crippen molar-refractivity contribution < 1.29 is 29.4 Å². The molecular weight excluding hydrogens is 594 g/mol. The van der Waals surface area contributed by atoms with Gasteiger partial charge in [-0.3, -0.25) is 19.2 Å². The number of hydrogen-bond donors (Lipinski definition) is 8. The fraction of sp³-hybridized carbons (Fsp3) is 0.455. The maximum Gasteiger partial charge on any atom is 0.303 e. The Morgan fingerprint density at radius 1 is 1.02 bits per heavy atom. The highest BCUT2D eigenvalue weighted by Crippen LogP contribution is 2.35. The van der Waals surface area contributed by atoms with Crippen LogP contribution in [0.15, 0.2) is 29.5 Å². The summed E-state index contributed by atoms with van der Waals surface area (Å²) in [5.41, 5.74) is 14.9. The highest BCUT2D eigenvalue weighted by Gasteiger charge is 2.38. The average Bonchev–Trinajstić information content (AvgIpc) is 3.63. The molecule has 0 spiro atoms. The van der Waals surface area contributed by atoms with E-state index in [-0.39, 0.29) is 60.7 Å². The highest BCUT2D eigenvalue weighted by atomic mass is 32.1. The number of carbonyl (C=O) groups excluding carboxylic acids is 2. The van der Waals surface area contributed by atoms with Gasteiger partial charge in [-0.25, -0.2) is 0 Å². The summed E-state index contributed by atoms with van der Waals surface area (Å²) in [6.07, 6.45) is 4.65. The van der Waals surface area contributed by atoms with E-state index in [9.17, 15) is 29.4 Å². The van der Waals surface area contributed by atoms with Crippen molar-refractivity contribution in [1.29, 1.82) is 0 Å². The van der Waals surface area contributed by atoms with Crippen LogP contribution in [-0.2, 0) is 51.4 Å². The van der Waals surface area contributed by atoms with E-state index in [2.05, 4.69) is 39.8 Å². The smallest absolute Gasteiger partial charge is 0.303 e. The highest BCUT2D eigenvalue weighted by molar-refractivity contribution is 7.80. The predicted molar refractivity (Wildman–Crippen MR) is 175 cm³/mol. The number of aromatic nitrogens is 2. The van der Waals surface area contributed by atoms with Crippen LogP contribution in [-0.4, -0.2) is 55.2 Å². The van der Waals surface area contributed by atoms with Crippen molar-refractivity contribution in [2.45, 2.75) is 84.1 Å². The maximum atomic E-state index is 12.6. The number of carboxylic acid groups (broad SMARTS) is 2. The van der Waals surface area contributed by atoms with Crippen LogP contribution in [0.3, 0.4) is 0 Å². The SMILES string of the molecule is C=CC1=C(C)[C@@H](Cc2[nH]c(Cc3[nH]c(/C=C4/NC(=O)[C@H](C)[C@H]4[C@@H](C)S)c(CN)c3CCC(=O)O)c(CCC(=O)O)c2C)NC1=O. The minimum absolute atomic E-state index is 0.0615. The molecule has 4 rings (SSSR count). The summed E-state index contributed by atoms with van der Waals surface area (Å²) >= 11 is 4.62. The van der Waals surface area contributed by atoms with Crippen LogP contribution < -0.4 is 16.4 Å². The largest absolute Gasteiger partial charge is 0.481 e. The first-order chi connectivity index (χ1) is 21.3. The van der Waals surface area contributed by atoms with E-state index in [1.807, 2.05) is 33.8 Å². The van der Waals surface area contributed by atoms with Gasteiger partial charge >= 0.3 is 11.9 Å². The Morgan fingerprint density at radius 2 is 1.64 bits per heavy atom. The standard InChI is InChI=1S/C33H43N5O6S/c1-6-19-15(2)24(37-33(19)44)11-23-16(3)20(7-9-29(39)40)25(35-23)12-26-21(8-10-30(41)42)22(14-34)27(36-26)13-28-31(18(5)45)17(4)32(43)38-28/h6,13,17-18,24,31,35-36,45H,1,7-12,14,34H2,2-5H3,(H,37,44)(H,38,43)(H,39,40)(H,41,42)/b28-13+/t17-,18-,24-,31+/m1/s1. The molecule has 2 aromatic heterocycles. The Kier molecular flexibility index (Phi) is 10.5. The summed E-state index contributed by atoms with van der Waals surface area (Å²) in [5.74, 6) is -2.49. The van der Waals surface area contributed by atoms with Gasteiger partial charge in [0.2, 0.25) is 5.91 Å². The van der Waals surface area contributed by atoms with Crippen LogP contribution in [0.5, 0.6) is 0 Å². The molecule has 45 heavy (non-hydrogen) atoms. The Bertz CT molecular complexity index is 1600. The predicted octanol–water partition coefficient (Wildman–Crippen LogP) is 3.32. The molecule has 2 aromatic rings. The van der Waals surface area contributed by atoms with E-state index in [1.54, 1.807) is 6.08 Å². The molecule has 0 bridgehead atoms. The molecule has 2 amide bonds. The van der Waals surface area contributed by atoms with Gasteiger partial charge in [0.25, 0.3) is 5.91 Å². The summed E-state index contributed by atoms with van der Waals surface area (Å²) < 4.78 is 0. The zero-order valence-electron chi connectivity index (χ0n) is 26.2. The first-order valence-electron chi connectivity index (χ1n) is 15.2. The quantitative estimate of drug-likeness (QED) is 0.146. The molecule has 242 valence electrons. The van der Waals surface area contributed by atoms with E-state index in [4.69, 9.17) is 5.73 Å². The Hall–Kier alpha value is -4.03. The summed E-state index contributed by atoms with van der Waals surface area (Å²) in [7, 11) is 0. The minimum Gasteiger partial charge on any atom is -0.481 e. The minimum atomic E-state index is -0.938. The van der Waals surface area contributed by atoms with Gasteiger partial charge in [0.15, 0.2) is 0 Å². The number of hydrogen-bond acceptors (Lipinski definition) is 6. The van der Waals surface area contributed by atoms with E-state index in [0.29, 0.717) is 30.5 Å². The summed E-state index contributed by atoms with van der Waals surface area (Å²) in [6.45, 7) is 11.5. The second-order valence-electron chi connectivity index (χ2n) is 12.0. The second-order valence-corrected chi connectivity index (χ2v) is 12.8. The molecule has 2 aliphatic heterocycles. The van der Waals surface area contributed by atoms with Crippen LogP contribution in [0.4, 0.5) is 0 Å². The number of carbonyl (C=O) groups is 4. The first-order valence-corrected chi connectivity index (χ1v) is 15.7. The van der Waals surface area contributed by atoms with Crippen LogP contribution in [0.1, 0.15) is 78.6 Å². The Balaban J connectivity index is 1.78. The van der Waals surface area contributed by atoms with Crippen molar-refractivity contribution in [2.24, 2.45) is 17.6 Å². The lowest BCUT2D eigenvalue weighted by molar-refractivity contribution is -0.138. The molecule has 8 N–H and O–H groups in total.